The summed E-state index contributed by atoms with van der Waals surface area (Å²) < 4.78 is 16.1. The monoisotopic (exact) mass is 504 g/mol. The predicted octanol–water partition coefficient (Wildman–Crippen LogP) is 5.27. The van der Waals surface area contributed by atoms with Crippen LogP contribution in [0, 0.1) is 11.3 Å². The van der Waals surface area contributed by atoms with Crippen molar-refractivity contribution in [2.24, 2.45) is 11.3 Å². The number of pyridine rings is 1. The Kier molecular flexibility index (Phi) is 8.00. The zero-order valence-corrected chi connectivity index (χ0v) is 22.3. The highest BCUT2D eigenvalue weighted by Gasteiger charge is 2.34. The van der Waals surface area contributed by atoms with Gasteiger partial charge in [-0.2, -0.15) is 0 Å². The zero-order valence-electron chi connectivity index (χ0n) is 22.3. The quantitative estimate of drug-likeness (QED) is 0.400. The number of methoxy groups -OCH3 is 2. The van der Waals surface area contributed by atoms with Crippen LogP contribution in [0.4, 0.5) is 0 Å². The van der Waals surface area contributed by atoms with Crippen LogP contribution in [0.5, 0.6) is 11.5 Å². The molecule has 1 atom stereocenters. The summed E-state index contributed by atoms with van der Waals surface area (Å²) >= 11 is 0. The maximum Gasteiger partial charge on any atom is 0.339 e. The highest BCUT2D eigenvalue weighted by molar-refractivity contribution is 6.05. The molecule has 0 radical (unpaired) electrons. The summed E-state index contributed by atoms with van der Waals surface area (Å²) in [5, 5.41) is 3.57. The van der Waals surface area contributed by atoms with Gasteiger partial charge in [0.05, 0.1) is 25.3 Å². The number of benzene rings is 2. The number of para-hydroxylation sites is 1. The van der Waals surface area contributed by atoms with Gasteiger partial charge in [0, 0.05) is 17.6 Å². The van der Waals surface area contributed by atoms with Crippen molar-refractivity contribution in [1.29, 1.82) is 0 Å². The Labute approximate surface area is 218 Å². The van der Waals surface area contributed by atoms with Gasteiger partial charge in [0.25, 0.3) is 5.91 Å². The molecule has 7 nitrogen and oxygen atoms in total. The zero-order chi connectivity index (χ0) is 26.6. The first-order valence-electron chi connectivity index (χ1n) is 12.8. The molecule has 0 spiro atoms. The number of rotatable bonds is 9. The van der Waals surface area contributed by atoms with Gasteiger partial charge in [-0.1, -0.05) is 51.5 Å². The Hall–Kier alpha value is -3.61. The van der Waals surface area contributed by atoms with E-state index >= 15 is 0 Å². The Morgan fingerprint density at radius 1 is 1.08 bits per heavy atom. The number of carbonyl (C=O) groups excluding carboxylic acids is 2. The highest BCUT2D eigenvalue weighted by atomic mass is 16.5. The molecule has 0 saturated carbocycles. The van der Waals surface area contributed by atoms with Crippen LogP contribution >= 0.6 is 0 Å². The van der Waals surface area contributed by atoms with Crippen molar-refractivity contribution in [3.8, 4) is 11.5 Å². The lowest BCUT2D eigenvalue weighted by atomic mass is 9.68. The average Bonchev–Trinajstić information content (AvgIpc) is 2.92. The first-order valence-corrected chi connectivity index (χ1v) is 12.8. The molecule has 0 saturated heterocycles. The fourth-order valence-corrected chi connectivity index (χ4v) is 5.02. The number of aromatic nitrogens is 1. The third kappa shape index (κ3) is 5.71. The molecule has 0 bridgehead atoms. The molecular weight excluding hydrogens is 468 g/mol. The van der Waals surface area contributed by atoms with E-state index in [1.807, 2.05) is 30.3 Å². The van der Waals surface area contributed by atoms with Gasteiger partial charge in [0.2, 0.25) is 0 Å². The molecule has 1 aliphatic carbocycles. The fourth-order valence-electron chi connectivity index (χ4n) is 5.02. The molecule has 3 aromatic rings. The predicted molar refractivity (Wildman–Crippen MR) is 143 cm³/mol. The molecule has 1 unspecified atom stereocenters. The largest absolute Gasteiger partial charge is 0.493 e. The minimum absolute atomic E-state index is 0.161. The topological polar surface area (TPSA) is 86.8 Å². The minimum atomic E-state index is -0.480. The molecule has 0 fully saturated rings. The molecular formula is C30H36N2O5. The number of hydrogen-bond acceptors (Lipinski definition) is 6. The van der Waals surface area contributed by atoms with Gasteiger partial charge in [-0.15, -0.1) is 0 Å². The van der Waals surface area contributed by atoms with Crippen molar-refractivity contribution in [2.45, 2.75) is 53.0 Å². The number of amides is 1. The third-order valence-corrected chi connectivity index (χ3v) is 7.75. The van der Waals surface area contributed by atoms with Gasteiger partial charge in [-0.3, -0.25) is 9.78 Å². The van der Waals surface area contributed by atoms with Crippen LogP contribution in [0.25, 0.3) is 10.9 Å². The van der Waals surface area contributed by atoms with E-state index in [1.54, 1.807) is 26.4 Å². The van der Waals surface area contributed by atoms with E-state index in [-0.39, 0.29) is 24.5 Å². The van der Waals surface area contributed by atoms with Gasteiger partial charge in [0.1, 0.15) is 0 Å². The molecule has 37 heavy (non-hydrogen) atoms. The number of carbonyl (C=O) groups is 2. The van der Waals surface area contributed by atoms with Gasteiger partial charge in [0.15, 0.2) is 18.1 Å². The number of hydrogen-bond donors (Lipinski definition) is 1. The molecule has 1 amide bonds. The summed E-state index contributed by atoms with van der Waals surface area (Å²) in [7, 11) is 3.13. The van der Waals surface area contributed by atoms with Gasteiger partial charge in [-0.05, 0) is 59.9 Å². The van der Waals surface area contributed by atoms with Crippen molar-refractivity contribution in [1.82, 2.24) is 10.3 Å². The van der Waals surface area contributed by atoms with Crippen LogP contribution < -0.4 is 14.8 Å². The number of aryl methyl sites for hydroxylation is 1. The summed E-state index contributed by atoms with van der Waals surface area (Å²) in [5.41, 5.74) is 4.26. The van der Waals surface area contributed by atoms with E-state index < -0.39 is 5.97 Å². The second-order valence-corrected chi connectivity index (χ2v) is 10.3. The van der Waals surface area contributed by atoms with E-state index in [4.69, 9.17) is 19.2 Å². The number of nitrogens with one attached hydrogen (secondary N) is 1. The third-order valence-electron chi connectivity index (χ3n) is 7.75. The normalized spacial score (nSPS) is 15.1. The Morgan fingerprint density at radius 3 is 2.57 bits per heavy atom. The first-order chi connectivity index (χ1) is 17.8. The average molecular weight is 505 g/mol. The molecule has 7 heteroatoms. The van der Waals surface area contributed by atoms with Crippen molar-refractivity contribution in [2.75, 3.05) is 20.8 Å². The number of ether oxygens (including phenoxy) is 3. The summed E-state index contributed by atoms with van der Waals surface area (Å²) in [5.74, 6) is 0.791. The number of esters is 1. The van der Waals surface area contributed by atoms with Crippen molar-refractivity contribution in [3.63, 3.8) is 0 Å². The van der Waals surface area contributed by atoms with E-state index in [0.29, 0.717) is 23.0 Å². The van der Waals surface area contributed by atoms with Crippen molar-refractivity contribution >= 4 is 22.8 Å². The Bertz CT molecular complexity index is 1300. The standard InChI is InChI=1S/C30H36N2O5/c1-6-30(2,3)20-12-13-24-22(16-20)28(21-9-7-8-10-23(21)32-24)29(34)37-18-27(33)31-17-19-11-14-25(35-4)26(15-19)36-5/h7-11,14-15,20H,6,12-13,16-18H2,1-5H3,(H,31,33). The molecule has 1 N–H and O–H groups in total. The Morgan fingerprint density at radius 2 is 1.84 bits per heavy atom. The highest BCUT2D eigenvalue weighted by Crippen LogP contribution is 2.41. The van der Waals surface area contributed by atoms with Crippen molar-refractivity contribution < 1.29 is 23.8 Å². The van der Waals surface area contributed by atoms with Crippen LogP contribution in [-0.2, 0) is 28.9 Å². The van der Waals surface area contributed by atoms with Crippen LogP contribution in [0.15, 0.2) is 42.5 Å². The lowest BCUT2D eigenvalue weighted by Gasteiger charge is -2.37. The van der Waals surface area contributed by atoms with Gasteiger partial charge < -0.3 is 19.5 Å². The molecule has 1 aromatic heterocycles. The summed E-state index contributed by atoms with van der Waals surface area (Å²) in [6.07, 6.45) is 3.73. The van der Waals surface area contributed by atoms with E-state index in [0.717, 1.165) is 53.4 Å². The molecule has 4 rings (SSSR count). The number of fused-ring (bicyclic) bond motifs is 2. The first kappa shape index (κ1) is 26.5. The lowest BCUT2D eigenvalue weighted by Crippen LogP contribution is -2.31. The van der Waals surface area contributed by atoms with E-state index in [1.165, 1.54) is 0 Å². The lowest BCUT2D eigenvalue weighted by molar-refractivity contribution is -0.124. The molecule has 1 aliphatic rings. The molecule has 2 aromatic carbocycles. The van der Waals surface area contributed by atoms with Gasteiger partial charge >= 0.3 is 5.97 Å². The minimum Gasteiger partial charge on any atom is -0.493 e. The number of nitrogens with zero attached hydrogens (tertiary/aromatic N) is 1. The summed E-state index contributed by atoms with van der Waals surface area (Å²) in [4.78, 5) is 30.9. The van der Waals surface area contributed by atoms with E-state index in [9.17, 15) is 9.59 Å². The maximum atomic E-state index is 13.4. The van der Waals surface area contributed by atoms with Crippen LogP contribution in [0.1, 0.15) is 60.8 Å². The SMILES string of the molecule is CCC(C)(C)C1CCc2nc3ccccc3c(C(=O)OCC(=O)NCc3ccc(OC)c(OC)c3)c2C1. The molecule has 196 valence electrons. The molecule has 0 aliphatic heterocycles. The fraction of sp³-hybridized carbons (Fsp3) is 0.433. The summed E-state index contributed by atoms with van der Waals surface area (Å²) in [6.45, 7) is 6.71. The smallest absolute Gasteiger partial charge is 0.339 e. The van der Waals surface area contributed by atoms with Crippen LogP contribution in [0.3, 0.4) is 0 Å². The Balaban J connectivity index is 1.49. The second-order valence-electron chi connectivity index (χ2n) is 10.3. The van der Waals surface area contributed by atoms with Crippen LogP contribution in [-0.4, -0.2) is 37.7 Å². The maximum absolute atomic E-state index is 13.4. The van der Waals surface area contributed by atoms with E-state index in [2.05, 4.69) is 26.1 Å². The van der Waals surface area contributed by atoms with Gasteiger partial charge in [-0.25, -0.2) is 4.79 Å². The van der Waals surface area contributed by atoms with Crippen molar-refractivity contribution in [3.05, 3.63) is 64.8 Å². The molecule has 1 heterocycles. The second kappa shape index (κ2) is 11.2. The summed E-state index contributed by atoms with van der Waals surface area (Å²) in [6, 6.07) is 13.1. The van der Waals surface area contributed by atoms with Crippen LogP contribution in [0.2, 0.25) is 0 Å².